The van der Waals surface area contributed by atoms with Gasteiger partial charge in [-0.3, -0.25) is 19.0 Å². The highest BCUT2D eigenvalue weighted by Gasteiger charge is 2.31. The molecule has 26 heavy (non-hydrogen) atoms. The molecule has 1 fully saturated rings. The Kier molecular flexibility index (Phi) is 5.16. The number of nitrogens with two attached hydrogens (primary N) is 1. The summed E-state index contributed by atoms with van der Waals surface area (Å²) >= 11 is 0. The molecule has 1 aliphatic carbocycles. The van der Waals surface area contributed by atoms with Gasteiger partial charge in [-0.25, -0.2) is 4.39 Å². The molecular formula is C19H20FN3O3. The van der Waals surface area contributed by atoms with Gasteiger partial charge in [-0.2, -0.15) is 0 Å². The number of carbonyl (C=O) groups is 2. The first-order valence-corrected chi connectivity index (χ1v) is 8.55. The number of aromatic nitrogens is 1. The number of amides is 2. The number of primary amides is 1. The molecular weight excluding hydrogens is 337 g/mol. The van der Waals surface area contributed by atoms with Crippen LogP contribution in [0, 0.1) is 11.7 Å². The fourth-order valence-corrected chi connectivity index (χ4v) is 3.37. The second-order valence-corrected chi connectivity index (χ2v) is 6.45. The van der Waals surface area contributed by atoms with Crippen molar-refractivity contribution in [3.63, 3.8) is 0 Å². The third-order valence-electron chi connectivity index (χ3n) is 4.75. The summed E-state index contributed by atoms with van der Waals surface area (Å²) in [6, 6.07) is 8.22. The molecule has 2 atom stereocenters. The molecule has 1 aliphatic rings. The van der Waals surface area contributed by atoms with Crippen LogP contribution in [0.25, 0.3) is 5.69 Å². The fraction of sp³-hybridized carbons (Fsp3) is 0.316. The van der Waals surface area contributed by atoms with Crippen LogP contribution in [0.3, 0.4) is 0 Å². The minimum atomic E-state index is -0.734. The summed E-state index contributed by atoms with van der Waals surface area (Å²) in [5, 5.41) is 2.73. The Morgan fingerprint density at radius 2 is 1.92 bits per heavy atom. The Labute approximate surface area is 149 Å². The number of hydrogen-bond donors (Lipinski definition) is 2. The molecule has 6 nitrogen and oxygen atoms in total. The Balaban J connectivity index is 1.81. The first kappa shape index (κ1) is 17.8. The van der Waals surface area contributed by atoms with Crippen LogP contribution in [-0.4, -0.2) is 22.4 Å². The first-order valence-electron chi connectivity index (χ1n) is 8.55. The van der Waals surface area contributed by atoms with Gasteiger partial charge in [0.2, 0.25) is 5.91 Å². The normalized spacial score (nSPS) is 19.7. The molecule has 0 saturated heterocycles. The van der Waals surface area contributed by atoms with E-state index in [4.69, 9.17) is 5.73 Å². The zero-order valence-corrected chi connectivity index (χ0v) is 14.2. The van der Waals surface area contributed by atoms with Crippen molar-refractivity contribution in [1.82, 2.24) is 9.88 Å². The Morgan fingerprint density at radius 3 is 2.62 bits per heavy atom. The predicted octanol–water partition coefficient (Wildman–Crippen LogP) is 1.75. The first-order chi connectivity index (χ1) is 12.5. The standard InChI is InChI=1S/C19H20FN3O3/c20-15-11-12(23-10-4-3-7-17(23)24)8-9-13(15)19(26)22-16-6-2-1-5-14(16)18(21)25/h3-4,7-11,14,16H,1-2,5-6H2,(H2,21,25)(H,22,26). The molecule has 2 amide bonds. The summed E-state index contributed by atoms with van der Waals surface area (Å²) in [6.07, 6.45) is 4.55. The van der Waals surface area contributed by atoms with Crippen molar-refractivity contribution in [2.24, 2.45) is 11.7 Å². The SMILES string of the molecule is NC(=O)C1CCCCC1NC(=O)c1ccc(-n2ccccc2=O)cc1F. The van der Waals surface area contributed by atoms with Crippen molar-refractivity contribution >= 4 is 11.8 Å². The molecule has 2 aromatic rings. The van der Waals surface area contributed by atoms with Gasteiger partial charge >= 0.3 is 0 Å². The van der Waals surface area contributed by atoms with Crippen molar-refractivity contribution in [2.75, 3.05) is 0 Å². The van der Waals surface area contributed by atoms with Gasteiger partial charge in [0.15, 0.2) is 0 Å². The molecule has 1 heterocycles. The maximum absolute atomic E-state index is 14.5. The number of rotatable bonds is 4. The summed E-state index contributed by atoms with van der Waals surface area (Å²) in [5.41, 5.74) is 5.31. The van der Waals surface area contributed by atoms with Crippen LogP contribution in [0.2, 0.25) is 0 Å². The lowest BCUT2D eigenvalue weighted by atomic mass is 9.84. The van der Waals surface area contributed by atoms with Crippen LogP contribution in [0.4, 0.5) is 4.39 Å². The van der Waals surface area contributed by atoms with E-state index in [2.05, 4.69) is 5.32 Å². The highest BCUT2D eigenvalue weighted by Crippen LogP contribution is 2.25. The Morgan fingerprint density at radius 1 is 1.15 bits per heavy atom. The molecule has 136 valence electrons. The smallest absolute Gasteiger partial charge is 0.255 e. The van der Waals surface area contributed by atoms with E-state index in [0.717, 1.165) is 18.9 Å². The monoisotopic (exact) mass is 357 g/mol. The molecule has 1 saturated carbocycles. The van der Waals surface area contributed by atoms with Crippen LogP contribution in [0.5, 0.6) is 0 Å². The van der Waals surface area contributed by atoms with Crippen molar-refractivity contribution in [3.05, 3.63) is 64.3 Å². The lowest BCUT2D eigenvalue weighted by molar-refractivity contribution is -0.123. The maximum Gasteiger partial charge on any atom is 0.255 e. The lowest BCUT2D eigenvalue weighted by Gasteiger charge is -2.30. The second-order valence-electron chi connectivity index (χ2n) is 6.45. The number of nitrogens with zero attached hydrogens (tertiary/aromatic N) is 1. The van der Waals surface area contributed by atoms with Crippen LogP contribution < -0.4 is 16.6 Å². The third-order valence-corrected chi connectivity index (χ3v) is 4.75. The number of hydrogen-bond acceptors (Lipinski definition) is 3. The van der Waals surface area contributed by atoms with Crippen LogP contribution in [0.1, 0.15) is 36.0 Å². The van der Waals surface area contributed by atoms with E-state index in [0.29, 0.717) is 18.5 Å². The number of pyridine rings is 1. The number of halogens is 1. The van der Waals surface area contributed by atoms with E-state index in [1.165, 1.54) is 29.0 Å². The number of benzene rings is 1. The minimum Gasteiger partial charge on any atom is -0.369 e. The van der Waals surface area contributed by atoms with Crippen molar-refractivity contribution < 1.29 is 14.0 Å². The molecule has 3 N–H and O–H groups in total. The number of nitrogens with one attached hydrogen (secondary N) is 1. The maximum atomic E-state index is 14.5. The zero-order chi connectivity index (χ0) is 18.7. The van der Waals surface area contributed by atoms with Crippen molar-refractivity contribution in [1.29, 1.82) is 0 Å². The lowest BCUT2D eigenvalue weighted by Crippen LogP contribution is -2.47. The second kappa shape index (κ2) is 7.51. The highest BCUT2D eigenvalue weighted by molar-refractivity contribution is 5.95. The average Bonchev–Trinajstić information content (AvgIpc) is 2.62. The molecule has 0 aliphatic heterocycles. The summed E-state index contributed by atoms with van der Waals surface area (Å²) in [6.45, 7) is 0. The summed E-state index contributed by atoms with van der Waals surface area (Å²) in [4.78, 5) is 35.8. The molecule has 1 aromatic heterocycles. The molecule has 7 heteroatoms. The van der Waals surface area contributed by atoms with Gasteiger partial charge in [-0.1, -0.05) is 18.9 Å². The quantitative estimate of drug-likeness (QED) is 0.873. The van der Waals surface area contributed by atoms with E-state index in [1.807, 2.05) is 0 Å². The van der Waals surface area contributed by atoms with E-state index in [-0.39, 0.29) is 17.2 Å². The Hall–Kier alpha value is -2.96. The molecule has 0 spiro atoms. The van der Waals surface area contributed by atoms with Gasteiger partial charge in [-0.15, -0.1) is 0 Å². The van der Waals surface area contributed by atoms with E-state index in [1.54, 1.807) is 12.1 Å². The van der Waals surface area contributed by atoms with Gasteiger partial charge < -0.3 is 11.1 Å². The topological polar surface area (TPSA) is 94.2 Å². The van der Waals surface area contributed by atoms with Gasteiger partial charge in [0, 0.05) is 18.3 Å². The van der Waals surface area contributed by atoms with Gasteiger partial charge in [0.25, 0.3) is 11.5 Å². The Bertz CT molecular complexity index is 894. The van der Waals surface area contributed by atoms with Gasteiger partial charge in [0.1, 0.15) is 5.82 Å². The van der Waals surface area contributed by atoms with E-state index in [9.17, 15) is 18.8 Å². The molecule has 2 unspecified atom stereocenters. The van der Waals surface area contributed by atoms with Crippen LogP contribution in [0.15, 0.2) is 47.4 Å². The van der Waals surface area contributed by atoms with E-state index >= 15 is 0 Å². The van der Waals surface area contributed by atoms with Gasteiger partial charge in [-0.05, 0) is 37.1 Å². The largest absolute Gasteiger partial charge is 0.369 e. The summed E-state index contributed by atoms with van der Waals surface area (Å²) in [5.74, 6) is -2.21. The van der Waals surface area contributed by atoms with Crippen molar-refractivity contribution in [2.45, 2.75) is 31.7 Å². The molecule has 0 radical (unpaired) electrons. The predicted molar refractivity (Wildman–Crippen MR) is 94.4 cm³/mol. The zero-order valence-electron chi connectivity index (χ0n) is 14.2. The van der Waals surface area contributed by atoms with Crippen LogP contribution >= 0.6 is 0 Å². The molecule has 1 aromatic carbocycles. The highest BCUT2D eigenvalue weighted by atomic mass is 19.1. The summed E-state index contributed by atoms with van der Waals surface area (Å²) in [7, 11) is 0. The minimum absolute atomic E-state index is 0.133. The van der Waals surface area contributed by atoms with Gasteiger partial charge in [0.05, 0.1) is 17.2 Å². The molecule has 0 bridgehead atoms. The average molecular weight is 357 g/mol. The molecule has 3 rings (SSSR count). The van der Waals surface area contributed by atoms with Crippen molar-refractivity contribution in [3.8, 4) is 5.69 Å². The third kappa shape index (κ3) is 3.66. The van der Waals surface area contributed by atoms with Crippen LogP contribution in [-0.2, 0) is 4.79 Å². The summed E-state index contributed by atoms with van der Waals surface area (Å²) < 4.78 is 15.7. The number of carbonyl (C=O) groups excluding carboxylic acids is 2. The fourth-order valence-electron chi connectivity index (χ4n) is 3.37. The van der Waals surface area contributed by atoms with E-state index < -0.39 is 23.5 Å².